The quantitative estimate of drug-likeness (QED) is 0.804. The molecule has 1 aliphatic rings. The molecule has 1 saturated carbocycles. The van der Waals surface area contributed by atoms with E-state index < -0.39 is 0 Å². The zero-order chi connectivity index (χ0) is 12.1. The van der Waals surface area contributed by atoms with Crippen LogP contribution in [0.3, 0.4) is 0 Å². The van der Waals surface area contributed by atoms with Crippen molar-refractivity contribution in [1.29, 1.82) is 0 Å². The van der Waals surface area contributed by atoms with Crippen LogP contribution in [-0.2, 0) is 10.5 Å². The molecule has 0 heterocycles. The van der Waals surface area contributed by atoms with Crippen LogP contribution in [0.5, 0.6) is 0 Å². The third-order valence-corrected chi connectivity index (χ3v) is 3.96. The number of carbonyl (C=O) groups is 1. The van der Waals surface area contributed by atoms with Gasteiger partial charge in [0.15, 0.2) is 0 Å². The van der Waals surface area contributed by atoms with Gasteiger partial charge in [0.25, 0.3) is 0 Å². The Balaban J connectivity index is 1.56. The van der Waals surface area contributed by atoms with Crippen molar-refractivity contribution in [3.63, 3.8) is 0 Å². The number of amides is 1. The fraction of sp³-hybridized carbons (Fsp3) is 0.462. The standard InChI is InChI=1S/C13H16ClNOS/c14-12-5-1-10(2-6-12)9-17-8-7-15-13(16)11-3-4-11/h1-2,5-6,11H,3-4,7-9H2,(H,15,16). The minimum absolute atomic E-state index is 0.233. The summed E-state index contributed by atoms with van der Waals surface area (Å²) < 4.78 is 0. The monoisotopic (exact) mass is 269 g/mol. The lowest BCUT2D eigenvalue weighted by atomic mass is 10.2. The van der Waals surface area contributed by atoms with E-state index in [0.717, 1.165) is 35.9 Å². The first kappa shape index (κ1) is 12.8. The maximum absolute atomic E-state index is 11.3. The predicted octanol–water partition coefficient (Wildman–Crippen LogP) is 3.10. The molecule has 17 heavy (non-hydrogen) atoms. The Morgan fingerprint density at radius 1 is 1.35 bits per heavy atom. The molecular weight excluding hydrogens is 254 g/mol. The van der Waals surface area contributed by atoms with E-state index in [-0.39, 0.29) is 5.91 Å². The molecule has 0 unspecified atom stereocenters. The highest BCUT2D eigenvalue weighted by atomic mass is 35.5. The highest BCUT2D eigenvalue weighted by Crippen LogP contribution is 2.28. The van der Waals surface area contributed by atoms with E-state index >= 15 is 0 Å². The molecule has 0 radical (unpaired) electrons. The van der Waals surface area contributed by atoms with E-state index in [4.69, 9.17) is 11.6 Å². The van der Waals surface area contributed by atoms with Gasteiger partial charge >= 0.3 is 0 Å². The summed E-state index contributed by atoms with van der Waals surface area (Å²) >= 11 is 7.64. The van der Waals surface area contributed by atoms with E-state index in [1.54, 1.807) is 0 Å². The molecule has 1 fully saturated rings. The van der Waals surface area contributed by atoms with Crippen molar-refractivity contribution in [2.45, 2.75) is 18.6 Å². The highest BCUT2D eigenvalue weighted by Gasteiger charge is 2.28. The Morgan fingerprint density at radius 2 is 2.06 bits per heavy atom. The number of nitrogens with one attached hydrogen (secondary N) is 1. The van der Waals surface area contributed by atoms with Gasteiger partial charge in [-0.2, -0.15) is 11.8 Å². The van der Waals surface area contributed by atoms with Gasteiger partial charge in [0.1, 0.15) is 0 Å². The van der Waals surface area contributed by atoms with Gasteiger partial charge in [-0.1, -0.05) is 23.7 Å². The maximum atomic E-state index is 11.3. The number of rotatable bonds is 6. The Labute approximate surface area is 111 Å². The first-order valence-corrected chi connectivity index (χ1v) is 7.39. The Bertz CT molecular complexity index is 376. The van der Waals surface area contributed by atoms with Gasteiger partial charge in [-0.15, -0.1) is 0 Å². The first-order chi connectivity index (χ1) is 8.25. The molecule has 0 aromatic heterocycles. The molecule has 0 bridgehead atoms. The normalized spacial score (nSPS) is 14.6. The third kappa shape index (κ3) is 4.60. The molecule has 1 aromatic carbocycles. The fourth-order valence-corrected chi connectivity index (χ4v) is 2.45. The Kier molecular flexibility index (Phi) is 4.75. The van der Waals surface area contributed by atoms with Crippen LogP contribution in [0, 0.1) is 5.92 Å². The first-order valence-electron chi connectivity index (χ1n) is 5.85. The van der Waals surface area contributed by atoms with Crippen molar-refractivity contribution < 1.29 is 4.79 Å². The lowest BCUT2D eigenvalue weighted by Gasteiger charge is -2.04. The minimum Gasteiger partial charge on any atom is -0.355 e. The zero-order valence-corrected chi connectivity index (χ0v) is 11.2. The van der Waals surface area contributed by atoms with Crippen LogP contribution in [0.25, 0.3) is 0 Å². The molecule has 92 valence electrons. The molecule has 1 N–H and O–H groups in total. The molecule has 2 rings (SSSR count). The van der Waals surface area contributed by atoms with Crippen LogP contribution < -0.4 is 5.32 Å². The van der Waals surface area contributed by atoms with Gasteiger partial charge < -0.3 is 5.32 Å². The van der Waals surface area contributed by atoms with Crippen LogP contribution >= 0.6 is 23.4 Å². The van der Waals surface area contributed by atoms with Gasteiger partial charge in [-0.25, -0.2) is 0 Å². The van der Waals surface area contributed by atoms with Crippen LogP contribution in [0.4, 0.5) is 0 Å². The molecule has 0 saturated heterocycles. The van der Waals surface area contributed by atoms with Crippen molar-refractivity contribution >= 4 is 29.3 Å². The largest absolute Gasteiger partial charge is 0.355 e. The van der Waals surface area contributed by atoms with Crippen molar-refractivity contribution in [2.24, 2.45) is 5.92 Å². The summed E-state index contributed by atoms with van der Waals surface area (Å²) in [6.07, 6.45) is 2.15. The van der Waals surface area contributed by atoms with E-state index in [2.05, 4.69) is 5.32 Å². The molecule has 2 nitrogen and oxygen atoms in total. The second kappa shape index (κ2) is 6.31. The number of halogens is 1. The Hall–Kier alpha value is -0.670. The summed E-state index contributed by atoms with van der Waals surface area (Å²) in [6.45, 7) is 0.771. The smallest absolute Gasteiger partial charge is 0.223 e. The van der Waals surface area contributed by atoms with Gasteiger partial charge in [-0.3, -0.25) is 4.79 Å². The number of carbonyl (C=O) groups excluding carboxylic acids is 1. The van der Waals surface area contributed by atoms with Crippen LogP contribution in [0.15, 0.2) is 24.3 Å². The van der Waals surface area contributed by atoms with Crippen molar-refractivity contribution in [1.82, 2.24) is 5.32 Å². The highest BCUT2D eigenvalue weighted by molar-refractivity contribution is 7.98. The molecule has 4 heteroatoms. The maximum Gasteiger partial charge on any atom is 0.223 e. The Morgan fingerprint density at radius 3 is 2.71 bits per heavy atom. The number of thioether (sulfide) groups is 1. The predicted molar refractivity (Wildman–Crippen MR) is 73.3 cm³/mol. The van der Waals surface area contributed by atoms with E-state index in [1.165, 1.54) is 5.56 Å². The van der Waals surface area contributed by atoms with Crippen molar-refractivity contribution in [3.05, 3.63) is 34.9 Å². The van der Waals surface area contributed by atoms with E-state index in [0.29, 0.717) is 5.92 Å². The second-order valence-electron chi connectivity index (χ2n) is 4.24. The molecule has 0 atom stereocenters. The SMILES string of the molecule is O=C(NCCSCc1ccc(Cl)cc1)C1CC1. The lowest BCUT2D eigenvalue weighted by molar-refractivity contribution is -0.122. The van der Waals surface area contributed by atoms with Gasteiger partial charge in [0, 0.05) is 29.0 Å². The number of benzene rings is 1. The number of hydrogen-bond donors (Lipinski definition) is 1. The van der Waals surface area contributed by atoms with Crippen LogP contribution in [-0.4, -0.2) is 18.2 Å². The molecule has 0 aliphatic heterocycles. The molecule has 1 aromatic rings. The molecule has 1 amide bonds. The summed E-state index contributed by atoms with van der Waals surface area (Å²) in [6, 6.07) is 7.90. The van der Waals surface area contributed by atoms with Crippen LogP contribution in [0.2, 0.25) is 5.02 Å². The lowest BCUT2D eigenvalue weighted by Crippen LogP contribution is -2.26. The van der Waals surface area contributed by atoms with Crippen molar-refractivity contribution in [2.75, 3.05) is 12.3 Å². The summed E-state index contributed by atoms with van der Waals surface area (Å²) in [5, 5.41) is 3.73. The van der Waals surface area contributed by atoms with Crippen LogP contribution in [0.1, 0.15) is 18.4 Å². The van der Waals surface area contributed by atoms with E-state index in [1.807, 2.05) is 36.0 Å². The molecule has 0 spiro atoms. The topological polar surface area (TPSA) is 29.1 Å². The third-order valence-electron chi connectivity index (χ3n) is 2.68. The summed E-state index contributed by atoms with van der Waals surface area (Å²) in [5.74, 6) is 2.48. The summed E-state index contributed by atoms with van der Waals surface area (Å²) in [5.41, 5.74) is 1.27. The van der Waals surface area contributed by atoms with Gasteiger partial charge in [0.05, 0.1) is 0 Å². The minimum atomic E-state index is 0.233. The zero-order valence-electron chi connectivity index (χ0n) is 9.62. The average molecular weight is 270 g/mol. The summed E-state index contributed by atoms with van der Waals surface area (Å²) in [4.78, 5) is 11.3. The second-order valence-corrected chi connectivity index (χ2v) is 5.79. The average Bonchev–Trinajstić information content (AvgIpc) is 3.15. The molecular formula is C13H16ClNOS. The van der Waals surface area contributed by atoms with Crippen molar-refractivity contribution in [3.8, 4) is 0 Å². The molecule has 1 aliphatic carbocycles. The van der Waals surface area contributed by atoms with E-state index in [9.17, 15) is 4.79 Å². The van der Waals surface area contributed by atoms with Gasteiger partial charge in [-0.05, 0) is 30.5 Å². The van der Waals surface area contributed by atoms with Gasteiger partial charge in [0.2, 0.25) is 5.91 Å². The summed E-state index contributed by atoms with van der Waals surface area (Å²) in [7, 11) is 0. The number of hydrogen-bond acceptors (Lipinski definition) is 2. The fourth-order valence-electron chi connectivity index (χ4n) is 1.51.